The van der Waals surface area contributed by atoms with Crippen molar-refractivity contribution in [2.45, 2.75) is 31.6 Å². The fraction of sp³-hybridized carbons (Fsp3) is 0.571. The quantitative estimate of drug-likeness (QED) is 0.752. The molecule has 2 atom stereocenters. The minimum absolute atomic E-state index is 0.140. The van der Waals surface area contributed by atoms with Gasteiger partial charge in [-0.05, 0) is 49.1 Å². The van der Waals surface area contributed by atoms with Crippen LogP contribution in [0.4, 0.5) is 4.39 Å². The lowest BCUT2D eigenvalue weighted by Gasteiger charge is -2.34. The molecule has 1 nitrogen and oxygen atoms in total. The van der Waals surface area contributed by atoms with Crippen molar-refractivity contribution >= 4 is 15.9 Å². The van der Waals surface area contributed by atoms with Crippen molar-refractivity contribution in [2.75, 3.05) is 13.1 Å². The molecule has 0 spiro atoms. The van der Waals surface area contributed by atoms with Gasteiger partial charge in [0.05, 0.1) is 0 Å². The molecule has 1 aromatic carbocycles. The van der Waals surface area contributed by atoms with Crippen LogP contribution < -0.4 is 0 Å². The maximum absolute atomic E-state index is 13.0. The maximum Gasteiger partial charge on any atom is 0.123 e. The Balaban J connectivity index is 2.01. The Morgan fingerprint density at radius 1 is 1.47 bits per heavy atom. The molecule has 17 heavy (non-hydrogen) atoms. The van der Waals surface area contributed by atoms with E-state index in [1.807, 2.05) is 13.0 Å². The molecule has 1 aromatic rings. The summed E-state index contributed by atoms with van der Waals surface area (Å²) in [5.41, 5.74) is 2.30. The monoisotopic (exact) mass is 299 g/mol. The molecule has 1 fully saturated rings. The Morgan fingerprint density at radius 2 is 2.24 bits per heavy atom. The first-order valence-corrected chi connectivity index (χ1v) is 7.09. The molecule has 0 N–H and O–H groups in total. The van der Waals surface area contributed by atoms with Gasteiger partial charge in [-0.2, -0.15) is 0 Å². The largest absolute Gasteiger partial charge is 0.299 e. The van der Waals surface area contributed by atoms with Crippen LogP contribution >= 0.6 is 15.9 Å². The normalized spacial score (nSPS) is 26.1. The van der Waals surface area contributed by atoms with Gasteiger partial charge in [0.25, 0.3) is 0 Å². The van der Waals surface area contributed by atoms with Crippen molar-refractivity contribution in [1.82, 2.24) is 4.90 Å². The first-order valence-electron chi connectivity index (χ1n) is 6.17. The molecule has 0 aromatic heterocycles. The van der Waals surface area contributed by atoms with Gasteiger partial charge in [-0.25, -0.2) is 4.39 Å². The predicted octanol–water partition coefficient (Wildman–Crippen LogP) is 3.74. The number of rotatable bonds is 2. The number of benzene rings is 1. The molecular formula is C14H19BrFN. The smallest absolute Gasteiger partial charge is 0.123 e. The molecule has 1 heterocycles. The lowest BCUT2D eigenvalue weighted by atomic mass is 9.99. The van der Waals surface area contributed by atoms with Crippen LogP contribution in [-0.4, -0.2) is 22.8 Å². The Morgan fingerprint density at radius 3 is 2.88 bits per heavy atom. The zero-order valence-corrected chi connectivity index (χ0v) is 12.0. The minimum Gasteiger partial charge on any atom is -0.299 e. The summed E-state index contributed by atoms with van der Waals surface area (Å²) in [5, 5.41) is 0. The number of alkyl halides is 1. The first kappa shape index (κ1) is 13.0. The molecule has 2 unspecified atom stereocenters. The van der Waals surface area contributed by atoms with E-state index in [2.05, 4.69) is 27.8 Å². The van der Waals surface area contributed by atoms with E-state index in [1.54, 1.807) is 12.1 Å². The van der Waals surface area contributed by atoms with Crippen LogP contribution in [0.5, 0.6) is 0 Å². The standard InChI is InChI=1S/C14H19BrFN/c1-10-7-13(16)4-3-12(10)9-17-6-5-14(15)11(2)8-17/h3-4,7,11,14H,5-6,8-9H2,1-2H3. The van der Waals surface area contributed by atoms with Gasteiger partial charge in [0.2, 0.25) is 0 Å². The highest BCUT2D eigenvalue weighted by molar-refractivity contribution is 9.09. The number of halogens is 2. The van der Waals surface area contributed by atoms with E-state index in [0.29, 0.717) is 10.7 Å². The molecule has 0 bridgehead atoms. The van der Waals surface area contributed by atoms with E-state index < -0.39 is 0 Å². The summed E-state index contributed by atoms with van der Waals surface area (Å²) in [6, 6.07) is 5.09. The molecule has 94 valence electrons. The predicted molar refractivity (Wildman–Crippen MR) is 72.9 cm³/mol. The van der Waals surface area contributed by atoms with Gasteiger partial charge in [-0.1, -0.05) is 28.9 Å². The SMILES string of the molecule is Cc1cc(F)ccc1CN1CCC(Br)C(C)C1. The molecule has 1 aliphatic heterocycles. The summed E-state index contributed by atoms with van der Waals surface area (Å²) in [5.74, 6) is 0.545. The average Bonchev–Trinajstić information content (AvgIpc) is 2.27. The molecule has 0 radical (unpaired) electrons. The van der Waals surface area contributed by atoms with Gasteiger partial charge in [-0.15, -0.1) is 0 Å². The molecule has 3 heteroatoms. The second kappa shape index (κ2) is 5.49. The highest BCUT2D eigenvalue weighted by Crippen LogP contribution is 2.25. The van der Waals surface area contributed by atoms with Crippen LogP contribution in [0.1, 0.15) is 24.5 Å². The Labute approximate surface area is 111 Å². The lowest BCUT2D eigenvalue weighted by Crippen LogP contribution is -2.39. The Kier molecular flexibility index (Phi) is 4.21. The molecule has 0 saturated carbocycles. The van der Waals surface area contributed by atoms with Crippen LogP contribution in [-0.2, 0) is 6.54 Å². The van der Waals surface area contributed by atoms with Crippen molar-refractivity contribution in [3.05, 3.63) is 35.1 Å². The molecule has 0 amide bonds. The van der Waals surface area contributed by atoms with E-state index in [0.717, 1.165) is 25.2 Å². The van der Waals surface area contributed by atoms with Gasteiger partial charge < -0.3 is 0 Å². The summed E-state index contributed by atoms with van der Waals surface area (Å²) in [7, 11) is 0. The first-order chi connectivity index (χ1) is 8.06. The van der Waals surface area contributed by atoms with Crippen molar-refractivity contribution in [3.63, 3.8) is 0 Å². The van der Waals surface area contributed by atoms with Crippen molar-refractivity contribution in [2.24, 2.45) is 5.92 Å². The molecule has 0 aliphatic carbocycles. The molecule has 1 saturated heterocycles. The van der Waals surface area contributed by atoms with E-state index in [9.17, 15) is 4.39 Å². The third-order valence-corrected chi connectivity index (χ3v) is 4.94. The topological polar surface area (TPSA) is 3.24 Å². The van der Waals surface area contributed by atoms with Gasteiger partial charge in [0.1, 0.15) is 5.82 Å². The summed E-state index contributed by atoms with van der Waals surface area (Å²) in [6.45, 7) is 7.45. The Hall–Kier alpha value is -0.410. The van der Waals surface area contributed by atoms with Crippen LogP contribution in [0.15, 0.2) is 18.2 Å². The number of hydrogen-bond acceptors (Lipinski definition) is 1. The lowest BCUT2D eigenvalue weighted by molar-refractivity contribution is 0.183. The van der Waals surface area contributed by atoms with Crippen LogP contribution in [0.25, 0.3) is 0 Å². The van der Waals surface area contributed by atoms with Gasteiger partial charge in [0.15, 0.2) is 0 Å². The van der Waals surface area contributed by atoms with Crippen molar-refractivity contribution < 1.29 is 4.39 Å². The second-order valence-corrected chi connectivity index (χ2v) is 6.26. The maximum atomic E-state index is 13.0. The zero-order chi connectivity index (χ0) is 12.4. The van der Waals surface area contributed by atoms with Crippen molar-refractivity contribution in [1.29, 1.82) is 0 Å². The summed E-state index contributed by atoms with van der Waals surface area (Å²) in [6.07, 6.45) is 1.20. The van der Waals surface area contributed by atoms with Crippen LogP contribution in [0.2, 0.25) is 0 Å². The molecular weight excluding hydrogens is 281 g/mol. The number of hydrogen-bond donors (Lipinski definition) is 0. The molecule has 2 rings (SSSR count). The van der Waals surface area contributed by atoms with Gasteiger partial charge in [-0.3, -0.25) is 4.90 Å². The van der Waals surface area contributed by atoms with E-state index in [-0.39, 0.29) is 5.82 Å². The van der Waals surface area contributed by atoms with E-state index in [4.69, 9.17) is 0 Å². The fourth-order valence-corrected chi connectivity index (χ4v) is 2.80. The average molecular weight is 300 g/mol. The Bertz CT molecular complexity index is 394. The van der Waals surface area contributed by atoms with E-state index >= 15 is 0 Å². The number of aryl methyl sites for hydroxylation is 1. The number of nitrogens with zero attached hydrogens (tertiary/aromatic N) is 1. The number of piperidine rings is 1. The van der Waals surface area contributed by atoms with Crippen LogP contribution in [0, 0.1) is 18.7 Å². The molecule has 1 aliphatic rings. The highest BCUT2D eigenvalue weighted by Gasteiger charge is 2.23. The van der Waals surface area contributed by atoms with Crippen molar-refractivity contribution in [3.8, 4) is 0 Å². The van der Waals surface area contributed by atoms with Gasteiger partial charge >= 0.3 is 0 Å². The third kappa shape index (κ3) is 3.29. The second-order valence-electron chi connectivity index (χ2n) is 5.09. The third-order valence-electron chi connectivity index (χ3n) is 3.58. The highest BCUT2D eigenvalue weighted by atomic mass is 79.9. The summed E-state index contributed by atoms with van der Waals surface area (Å²) in [4.78, 5) is 3.11. The van der Waals surface area contributed by atoms with Gasteiger partial charge in [0, 0.05) is 17.9 Å². The fourth-order valence-electron chi connectivity index (χ4n) is 2.42. The van der Waals surface area contributed by atoms with E-state index in [1.165, 1.54) is 12.0 Å². The number of likely N-dealkylation sites (tertiary alicyclic amines) is 1. The van der Waals surface area contributed by atoms with Crippen LogP contribution in [0.3, 0.4) is 0 Å². The minimum atomic E-state index is -0.140. The summed E-state index contributed by atoms with van der Waals surface area (Å²) < 4.78 is 13.0. The summed E-state index contributed by atoms with van der Waals surface area (Å²) >= 11 is 3.71. The zero-order valence-electron chi connectivity index (χ0n) is 10.4.